The zero-order chi connectivity index (χ0) is 15.7. The molecule has 0 spiro atoms. The van der Waals surface area contributed by atoms with E-state index in [1.165, 1.54) is 4.31 Å². The van der Waals surface area contributed by atoms with Gasteiger partial charge in [-0.2, -0.15) is 30.2 Å². The van der Waals surface area contributed by atoms with Crippen molar-refractivity contribution in [3.05, 3.63) is 0 Å². The third-order valence-corrected chi connectivity index (χ3v) is 6.21. The van der Waals surface area contributed by atoms with Crippen LogP contribution in [0.25, 0.3) is 0 Å². The van der Waals surface area contributed by atoms with E-state index in [0.29, 0.717) is 13.0 Å². The summed E-state index contributed by atoms with van der Waals surface area (Å²) in [5.74, 6) is -1.71. The van der Waals surface area contributed by atoms with Crippen molar-refractivity contribution in [1.29, 1.82) is 0 Å². The zero-order valence-electron chi connectivity index (χ0n) is 11.7. The van der Waals surface area contributed by atoms with Crippen molar-refractivity contribution in [3.63, 3.8) is 0 Å². The van der Waals surface area contributed by atoms with Gasteiger partial charge in [0.25, 0.3) is 10.2 Å². The molecule has 2 heterocycles. The van der Waals surface area contributed by atoms with Gasteiger partial charge in [0.1, 0.15) is 0 Å². The van der Waals surface area contributed by atoms with Gasteiger partial charge in [0.15, 0.2) is 0 Å². The lowest BCUT2D eigenvalue weighted by Gasteiger charge is -2.38. The van der Waals surface area contributed by atoms with Crippen LogP contribution in [0.15, 0.2) is 0 Å². The number of piperidine rings is 2. The fraction of sp³-hybridized carbons (Fsp3) is 1.00. The first-order valence-corrected chi connectivity index (χ1v) is 8.57. The van der Waals surface area contributed by atoms with Gasteiger partial charge in [-0.25, -0.2) is 0 Å². The lowest BCUT2D eigenvalue weighted by atomic mass is 9.99. The summed E-state index contributed by atoms with van der Waals surface area (Å²) in [5, 5.41) is 9.15. The number of hydrogen-bond acceptors (Lipinski definition) is 3. The highest BCUT2D eigenvalue weighted by Crippen LogP contribution is 2.34. The molecule has 5 nitrogen and oxygen atoms in total. The quantitative estimate of drug-likeness (QED) is 0.846. The van der Waals surface area contributed by atoms with E-state index in [-0.39, 0.29) is 38.5 Å². The fourth-order valence-corrected chi connectivity index (χ4v) is 4.78. The zero-order valence-corrected chi connectivity index (χ0v) is 12.5. The second-order valence-electron chi connectivity index (χ2n) is 5.80. The summed E-state index contributed by atoms with van der Waals surface area (Å²) in [4.78, 5) is 0. The highest BCUT2D eigenvalue weighted by molar-refractivity contribution is 7.86. The van der Waals surface area contributed by atoms with E-state index in [1.807, 2.05) is 0 Å². The van der Waals surface area contributed by atoms with Crippen LogP contribution in [0, 0.1) is 11.8 Å². The van der Waals surface area contributed by atoms with Crippen LogP contribution < -0.4 is 0 Å². The monoisotopic (exact) mass is 330 g/mol. The molecule has 2 atom stereocenters. The highest BCUT2D eigenvalue weighted by atomic mass is 32.2. The molecule has 124 valence electrons. The van der Waals surface area contributed by atoms with Gasteiger partial charge in [-0.15, -0.1) is 0 Å². The maximum atomic E-state index is 12.8. The van der Waals surface area contributed by atoms with Gasteiger partial charge in [0.2, 0.25) is 0 Å². The van der Waals surface area contributed by atoms with Crippen molar-refractivity contribution >= 4 is 10.2 Å². The smallest absolute Gasteiger partial charge is 0.393 e. The van der Waals surface area contributed by atoms with Crippen LogP contribution >= 0.6 is 0 Å². The Morgan fingerprint density at radius 3 is 2.19 bits per heavy atom. The fourth-order valence-electron chi connectivity index (χ4n) is 2.97. The molecule has 0 aliphatic carbocycles. The Morgan fingerprint density at radius 2 is 1.62 bits per heavy atom. The summed E-state index contributed by atoms with van der Waals surface area (Å²) in [7, 11) is -3.87. The lowest BCUT2D eigenvalue weighted by Crippen LogP contribution is -2.52. The van der Waals surface area contributed by atoms with Gasteiger partial charge >= 0.3 is 6.18 Å². The lowest BCUT2D eigenvalue weighted by molar-refractivity contribution is -0.182. The predicted molar refractivity (Wildman–Crippen MR) is 70.7 cm³/mol. The minimum absolute atomic E-state index is 0.0191. The molecule has 2 unspecified atom stereocenters. The van der Waals surface area contributed by atoms with Crippen molar-refractivity contribution < 1.29 is 26.7 Å². The van der Waals surface area contributed by atoms with Crippen LogP contribution in [0.3, 0.4) is 0 Å². The first-order chi connectivity index (χ1) is 9.75. The molecule has 0 aromatic carbocycles. The molecule has 0 aromatic rings. The van der Waals surface area contributed by atoms with Crippen LogP contribution in [-0.4, -0.2) is 61.1 Å². The number of hydrogen-bond donors (Lipinski definition) is 1. The van der Waals surface area contributed by atoms with Crippen molar-refractivity contribution in [1.82, 2.24) is 8.61 Å². The van der Waals surface area contributed by atoms with E-state index in [9.17, 15) is 21.6 Å². The molecule has 0 saturated carbocycles. The third-order valence-electron chi connectivity index (χ3n) is 4.24. The van der Waals surface area contributed by atoms with E-state index < -0.39 is 28.8 Å². The van der Waals surface area contributed by atoms with Crippen molar-refractivity contribution in [2.45, 2.75) is 31.9 Å². The summed E-state index contributed by atoms with van der Waals surface area (Å²) in [6, 6.07) is 0. The molecule has 0 radical (unpaired) electrons. The molecule has 2 fully saturated rings. The van der Waals surface area contributed by atoms with E-state index in [2.05, 4.69) is 0 Å². The summed E-state index contributed by atoms with van der Waals surface area (Å²) in [6.07, 6.45) is -2.78. The van der Waals surface area contributed by atoms with E-state index in [1.54, 1.807) is 0 Å². The van der Waals surface area contributed by atoms with E-state index in [0.717, 1.165) is 10.7 Å². The summed E-state index contributed by atoms with van der Waals surface area (Å²) < 4.78 is 65.5. The molecule has 2 aliphatic heterocycles. The van der Waals surface area contributed by atoms with Gasteiger partial charge in [-0.05, 0) is 31.6 Å². The first-order valence-electron chi connectivity index (χ1n) is 7.18. The Hall–Kier alpha value is -0.380. The van der Waals surface area contributed by atoms with Crippen LogP contribution in [0.1, 0.15) is 25.7 Å². The summed E-state index contributed by atoms with van der Waals surface area (Å²) in [5.41, 5.74) is 0. The predicted octanol–water partition coefficient (Wildman–Crippen LogP) is 1.21. The molecular formula is C12H21F3N2O3S. The maximum Gasteiger partial charge on any atom is 0.393 e. The SMILES string of the molecule is O=S(=O)(N1CCCC(CO)C1)N1CCCC(C(F)(F)F)C1. The van der Waals surface area contributed by atoms with Crippen LogP contribution in [0.5, 0.6) is 0 Å². The minimum Gasteiger partial charge on any atom is -0.396 e. The molecule has 2 saturated heterocycles. The third kappa shape index (κ3) is 3.88. The van der Waals surface area contributed by atoms with E-state index in [4.69, 9.17) is 5.11 Å². The number of aliphatic hydroxyl groups excluding tert-OH is 1. The van der Waals surface area contributed by atoms with Crippen molar-refractivity contribution in [2.75, 3.05) is 32.8 Å². The minimum atomic E-state index is -4.36. The maximum absolute atomic E-state index is 12.8. The Morgan fingerprint density at radius 1 is 1.05 bits per heavy atom. The highest BCUT2D eigenvalue weighted by Gasteiger charge is 2.45. The Labute approximate surface area is 122 Å². The second-order valence-corrected chi connectivity index (χ2v) is 7.72. The molecule has 0 aromatic heterocycles. The molecule has 2 rings (SSSR count). The molecule has 1 N–H and O–H groups in total. The molecular weight excluding hydrogens is 309 g/mol. The molecule has 21 heavy (non-hydrogen) atoms. The number of alkyl halides is 3. The van der Waals surface area contributed by atoms with Gasteiger partial charge in [-0.3, -0.25) is 0 Å². The normalized spacial score (nSPS) is 30.5. The largest absolute Gasteiger partial charge is 0.396 e. The average Bonchev–Trinajstić information content (AvgIpc) is 2.46. The second kappa shape index (κ2) is 6.39. The average molecular weight is 330 g/mol. The van der Waals surface area contributed by atoms with Gasteiger partial charge in [0.05, 0.1) is 5.92 Å². The van der Waals surface area contributed by atoms with Crippen molar-refractivity contribution in [3.8, 4) is 0 Å². The number of aliphatic hydroxyl groups is 1. The molecule has 2 aliphatic rings. The van der Waals surface area contributed by atoms with Crippen LogP contribution in [0.4, 0.5) is 13.2 Å². The van der Waals surface area contributed by atoms with Gasteiger partial charge < -0.3 is 5.11 Å². The van der Waals surface area contributed by atoms with Gasteiger partial charge in [-0.1, -0.05) is 0 Å². The summed E-state index contributed by atoms with van der Waals surface area (Å²) >= 11 is 0. The number of rotatable bonds is 3. The standard InChI is InChI=1S/C12H21F3N2O3S/c13-12(14,15)11-4-2-6-17(8-11)21(19,20)16-5-1-3-10(7-16)9-18/h10-11,18H,1-9H2. The van der Waals surface area contributed by atoms with Crippen LogP contribution in [-0.2, 0) is 10.2 Å². The van der Waals surface area contributed by atoms with Gasteiger partial charge in [0, 0.05) is 32.8 Å². The van der Waals surface area contributed by atoms with E-state index >= 15 is 0 Å². The number of nitrogens with zero attached hydrogens (tertiary/aromatic N) is 2. The first kappa shape index (κ1) is 17.0. The molecule has 0 bridgehead atoms. The summed E-state index contributed by atoms with van der Waals surface area (Å²) in [6.45, 7) is 0.0383. The Kier molecular flexibility index (Phi) is 5.17. The molecule has 9 heteroatoms. The molecule has 0 amide bonds. The van der Waals surface area contributed by atoms with Crippen molar-refractivity contribution in [2.24, 2.45) is 11.8 Å². The Bertz CT molecular complexity index is 455. The number of halogens is 3. The van der Waals surface area contributed by atoms with Crippen LogP contribution in [0.2, 0.25) is 0 Å². The topological polar surface area (TPSA) is 60.9 Å². The Balaban J connectivity index is 2.08.